The average molecular weight is 877 g/mol. The van der Waals surface area contributed by atoms with E-state index in [1.165, 1.54) is 35.6 Å². The zero-order valence-electron chi connectivity index (χ0n) is 37.6. The minimum Gasteiger partial charge on any atom is -0.362 e. The molecule has 6 rings (SSSR count). The topological polar surface area (TPSA) is 186 Å². The summed E-state index contributed by atoms with van der Waals surface area (Å²) in [5.74, 6) is -3.87. The van der Waals surface area contributed by atoms with E-state index in [9.17, 15) is 33.9 Å². The van der Waals surface area contributed by atoms with E-state index in [0.29, 0.717) is 19.4 Å². The van der Waals surface area contributed by atoms with Gasteiger partial charge in [-0.25, -0.2) is 0 Å². The van der Waals surface area contributed by atoms with Gasteiger partial charge >= 0.3 is 0 Å². The predicted molar refractivity (Wildman–Crippen MR) is 246 cm³/mol. The molecule has 0 spiro atoms. The van der Waals surface area contributed by atoms with Crippen molar-refractivity contribution in [3.63, 3.8) is 0 Å². The summed E-state index contributed by atoms with van der Waals surface area (Å²) >= 11 is 0. The van der Waals surface area contributed by atoms with Gasteiger partial charge in [0.15, 0.2) is 0 Å². The van der Waals surface area contributed by atoms with Crippen LogP contribution in [0.25, 0.3) is 0 Å². The van der Waals surface area contributed by atoms with Crippen molar-refractivity contribution in [3.05, 3.63) is 107 Å². The molecular formula is C51H68N6O7. The van der Waals surface area contributed by atoms with Gasteiger partial charge in [-0.3, -0.25) is 28.8 Å². The summed E-state index contributed by atoms with van der Waals surface area (Å²) in [6, 6.07) is 25.9. The minimum atomic E-state index is -2.38. The van der Waals surface area contributed by atoms with Crippen LogP contribution in [0.1, 0.15) is 147 Å². The number of likely N-dealkylation sites (tertiary alicyclic amines) is 1. The molecule has 3 aromatic rings. The first kappa shape index (κ1) is 47.9. The summed E-state index contributed by atoms with van der Waals surface area (Å²) in [7, 11) is 0. The summed E-state index contributed by atoms with van der Waals surface area (Å²) in [5.41, 5.74) is 0.363. The van der Waals surface area contributed by atoms with Gasteiger partial charge in [0.2, 0.25) is 23.4 Å². The van der Waals surface area contributed by atoms with E-state index in [4.69, 9.17) is 0 Å². The maximum absolute atomic E-state index is 14.0. The van der Waals surface area contributed by atoms with Crippen molar-refractivity contribution in [2.75, 3.05) is 26.2 Å². The second kappa shape index (κ2) is 23.4. The van der Waals surface area contributed by atoms with Gasteiger partial charge in [0.1, 0.15) is 0 Å². The molecular weight excluding hydrogens is 809 g/mol. The van der Waals surface area contributed by atoms with E-state index in [1.54, 1.807) is 0 Å². The largest absolute Gasteiger partial charge is 0.362 e. The highest BCUT2D eigenvalue weighted by Gasteiger charge is 2.49. The average Bonchev–Trinajstić information content (AvgIpc) is 4.22. The molecule has 1 saturated heterocycles. The van der Waals surface area contributed by atoms with Crippen LogP contribution in [0.5, 0.6) is 0 Å². The Kier molecular flexibility index (Phi) is 17.5. The Morgan fingerprint density at radius 3 is 1.62 bits per heavy atom. The molecule has 6 N–H and O–H groups in total. The standard InChI is InChI=1S/C51H68N6O7/c1-3-5-7-9-10-11-18-24-45(58)56-51(64,50(63)52-29-19-8-6-4-2)34-53-46(59)37-25-27-38(28-26-37)49(62)57-32-41(47(60)54-43-30-39(43)35-20-14-12-15-21-35)42(33-57)48(61)55-44-31-40(44)36-22-16-13-17-23-36/h12-17,20-23,25-28,39-44,64H,3-11,18-19,24,29-34H2,1-2H3,(H,52,63)(H,53,59)(H,54,60)(H,55,61)(H,56,58)/t39-,40-,41-,42-,43+,44+,51+/m1/s1. The van der Waals surface area contributed by atoms with Gasteiger partial charge in [-0.15, -0.1) is 0 Å². The molecule has 13 nitrogen and oxygen atoms in total. The van der Waals surface area contributed by atoms with E-state index in [0.717, 1.165) is 75.3 Å². The normalized spacial score (nSPS) is 21.8. The van der Waals surface area contributed by atoms with Crippen LogP contribution < -0.4 is 26.6 Å². The quantitative estimate of drug-likeness (QED) is 0.0439. The number of rotatable bonds is 25. The van der Waals surface area contributed by atoms with Gasteiger partial charge in [-0.05, 0) is 61.1 Å². The highest BCUT2D eigenvalue weighted by Crippen LogP contribution is 2.42. The molecule has 2 aliphatic carbocycles. The van der Waals surface area contributed by atoms with Crippen molar-refractivity contribution in [2.45, 2.75) is 133 Å². The zero-order valence-corrected chi connectivity index (χ0v) is 37.6. The van der Waals surface area contributed by atoms with E-state index in [1.807, 2.05) is 60.7 Å². The first-order valence-electron chi connectivity index (χ1n) is 23.7. The lowest BCUT2D eigenvalue weighted by atomic mass is 9.94. The molecule has 1 heterocycles. The number of hydrogen-bond acceptors (Lipinski definition) is 7. The number of unbranched alkanes of at least 4 members (excludes halogenated alkanes) is 9. The fraction of sp³-hybridized carbons (Fsp3) is 0.529. The van der Waals surface area contributed by atoms with Crippen LogP contribution in [0.4, 0.5) is 0 Å². The van der Waals surface area contributed by atoms with Gasteiger partial charge in [0.25, 0.3) is 17.7 Å². The third kappa shape index (κ3) is 13.5. The summed E-state index contributed by atoms with van der Waals surface area (Å²) in [5, 5.41) is 25.6. The van der Waals surface area contributed by atoms with Crippen LogP contribution in [0, 0.1) is 11.8 Å². The number of hydrogen-bond donors (Lipinski definition) is 6. The van der Waals surface area contributed by atoms with Crippen LogP contribution in [0.2, 0.25) is 0 Å². The number of nitrogens with zero attached hydrogens (tertiary/aromatic N) is 1. The number of carbonyl (C=O) groups is 6. The molecule has 2 saturated carbocycles. The van der Waals surface area contributed by atoms with Crippen molar-refractivity contribution < 1.29 is 33.9 Å². The number of amides is 6. The molecule has 1 aliphatic heterocycles. The zero-order chi connectivity index (χ0) is 45.5. The van der Waals surface area contributed by atoms with Crippen molar-refractivity contribution >= 4 is 35.4 Å². The summed E-state index contributed by atoms with van der Waals surface area (Å²) < 4.78 is 0. The molecule has 3 fully saturated rings. The Bertz CT molecular complexity index is 1960. The van der Waals surface area contributed by atoms with Gasteiger partial charge in [0, 0.05) is 61.1 Å². The molecule has 7 atom stereocenters. The lowest BCUT2D eigenvalue weighted by molar-refractivity contribution is -0.148. The van der Waals surface area contributed by atoms with Crippen LogP contribution in [-0.2, 0) is 19.2 Å². The Hall–Kier alpha value is -5.56. The Balaban J connectivity index is 1.06. The maximum atomic E-state index is 14.0. The smallest absolute Gasteiger partial charge is 0.275 e. The van der Waals surface area contributed by atoms with Gasteiger partial charge in [-0.2, -0.15) is 0 Å². The SMILES string of the molecule is CCCCCCCCCC(=O)N[C@](O)(CNC(=O)c1ccc(C(=O)N2C[C@@H](C(=O)N[C@H]3C[C@@H]3c3ccccc3)[C@H](C(=O)N[C@H]3C[C@@H]3c3ccccc3)C2)cc1)C(=O)NCCCCCC. The van der Waals surface area contributed by atoms with Crippen molar-refractivity contribution in [3.8, 4) is 0 Å². The lowest BCUT2D eigenvalue weighted by Gasteiger charge is -2.28. The second-order valence-corrected chi connectivity index (χ2v) is 18.0. The molecule has 13 heteroatoms. The third-order valence-electron chi connectivity index (χ3n) is 12.9. The minimum absolute atomic E-state index is 0.0416. The second-order valence-electron chi connectivity index (χ2n) is 18.0. The first-order chi connectivity index (χ1) is 31.0. The number of aliphatic hydroxyl groups is 1. The molecule has 0 radical (unpaired) electrons. The molecule has 3 aromatic carbocycles. The highest BCUT2D eigenvalue weighted by molar-refractivity contribution is 5.99. The monoisotopic (exact) mass is 877 g/mol. The van der Waals surface area contributed by atoms with Crippen LogP contribution in [0.3, 0.4) is 0 Å². The summed E-state index contributed by atoms with van der Waals surface area (Å²) in [6.45, 7) is 4.11. The fourth-order valence-electron chi connectivity index (χ4n) is 8.80. The van der Waals surface area contributed by atoms with Crippen LogP contribution in [0.15, 0.2) is 84.9 Å². The number of nitrogens with one attached hydrogen (secondary N) is 5. The van der Waals surface area contributed by atoms with Gasteiger partial charge in [-0.1, -0.05) is 132 Å². The summed E-state index contributed by atoms with van der Waals surface area (Å²) in [4.78, 5) is 82.9. The molecule has 0 bridgehead atoms. The Morgan fingerprint density at radius 2 is 1.09 bits per heavy atom. The third-order valence-corrected chi connectivity index (χ3v) is 12.9. The van der Waals surface area contributed by atoms with Crippen LogP contribution >= 0.6 is 0 Å². The van der Waals surface area contributed by atoms with Gasteiger partial charge in [0.05, 0.1) is 18.4 Å². The van der Waals surface area contributed by atoms with E-state index in [2.05, 4.69) is 40.4 Å². The molecule has 6 amide bonds. The maximum Gasteiger partial charge on any atom is 0.275 e. The predicted octanol–water partition coefficient (Wildman–Crippen LogP) is 6.09. The van der Waals surface area contributed by atoms with Crippen LogP contribution in [-0.4, -0.2) is 89.4 Å². The highest BCUT2D eigenvalue weighted by atomic mass is 16.3. The molecule has 0 unspecified atom stereocenters. The van der Waals surface area contributed by atoms with Gasteiger partial charge < -0.3 is 36.6 Å². The first-order valence-corrected chi connectivity index (χ1v) is 23.7. The number of benzene rings is 3. The van der Waals surface area contributed by atoms with E-state index in [-0.39, 0.29) is 72.3 Å². The fourth-order valence-corrected chi connectivity index (χ4v) is 8.80. The molecule has 0 aromatic heterocycles. The van der Waals surface area contributed by atoms with Crippen molar-refractivity contribution in [2.24, 2.45) is 11.8 Å². The molecule has 344 valence electrons. The summed E-state index contributed by atoms with van der Waals surface area (Å²) in [6.07, 6.45) is 12.5. The number of carbonyl (C=O) groups excluding carboxylic acids is 6. The lowest BCUT2D eigenvalue weighted by Crippen LogP contribution is -2.64. The molecule has 64 heavy (non-hydrogen) atoms. The van der Waals surface area contributed by atoms with Crippen molar-refractivity contribution in [1.82, 2.24) is 31.5 Å². The Morgan fingerprint density at radius 1 is 0.609 bits per heavy atom. The van der Waals surface area contributed by atoms with E-state index < -0.39 is 41.8 Å². The van der Waals surface area contributed by atoms with E-state index >= 15 is 0 Å². The molecule has 3 aliphatic rings. The van der Waals surface area contributed by atoms with Crippen molar-refractivity contribution in [1.29, 1.82) is 0 Å². The Labute approximate surface area is 378 Å².